The molecule has 2 heterocycles. The van der Waals surface area contributed by atoms with Gasteiger partial charge in [0.15, 0.2) is 10.1 Å². The number of furan rings is 1. The first-order valence-electron chi connectivity index (χ1n) is 10.3. The lowest BCUT2D eigenvalue weighted by atomic mass is 9.94. The first-order chi connectivity index (χ1) is 15.0. The number of aryl methyl sites for hydroxylation is 1. The fraction of sp³-hybridized carbons (Fsp3) is 0.364. The van der Waals surface area contributed by atoms with Crippen LogP contribution in [0.2, 0.25) is 0 Å². The number of benzene rings is 1. The van der Waals surface area contributed by atoms with Crippen molar-refractivity contribution in [2.75, 3.05) is 24.2 Å². The van der Waals surface area contributed by atoms with E-state index in [4.69, 9.17) is 4.42 Å². The molecule has 0 spiro atoms. The van der Waals surface area contributed by atoms with E-state index in [2.05, 4.69) is 10.3 Å². The predicted molar refractivity (Wildman–Crippen MR) is 122 cm³/mol. The molecule has 9 heteroatoms. The normalized spacial score (nSPS) is 13.3. The van der Waals surface area contributed by atoms with Crippen LogP contribution in [0.1, 0.15) is 53.2 Å². The summed E-state index contributed by atoms with van der Waals surface area (Å²) in [5.41, 5.74) is 2.14. The Morgan fingerprint density at radius 1 is 1.26 bits per heavy atom. The minimum Gasteiger partial charge on any atom is -0.468 e. The molecule has 0 aliphatic heterocycles. The van der Waals surface area contributed by atoms with E-state index in [1.807, 2.05) is 26.0 Å². The van der Waals surface area contributed by atoms with E-state index in [1.54, 1.807) is 11.0 Å². The Morgan fingerprint density at radius 2 is 2.06 bits per heavy atom. The van der Waals surface area contributed by atoms with Gasteiger partial charge in [0, 0.05) is 31.6 Å². The standard InChI is InChI=1S/C22H23N3O4S2/c1-3-25(4-2)19(27)12-30-22-24-15-9-8-13(10-18(15)31-22)23-21(28)14-11-29-17-7-5-6-16(26)20(14)17/h8-11H,3-7,12H2,1-2H3,(H,23,28). The van der Waals surface area contributed by atoms with Crippen LogP contribution in [0.3, 0.4) is 0 Å². The second-order valence-corrected chi connectivity index (χ2v) is 9.45. The number of anilines is 1. The van der Waals surface area contributed by atoms with Crippen LogP contribution in [0.5, 0.6) is 0 Å². The van der Waals surface area contributed by atoms with Crippen molar-refractivity contribution in [2.24, 2.45) is 0 Å². The molecule has 0 saturated carbocycles. The van der Waals surface area contributed by atoms with Crippen molar-refractivity contribution >= 4 is 56.6 Å². The van der Waals surface area contributed by atoms with E-state index in [0.717, 1.165) is 21.0 Å². The third-order valence-corrected chi connectivity index (χ3v) is 7.41. The van der Waals surface area contributed by atoms with Crippen LogP contribution >= 0.6 is 23.1 Å². The van der Waals surface area contributed by atoms with Crippen LogP contribution in [0, 0.1) is 0 Å². The van der Waals surface area contributed by atoms with E-state index >= 15 is 0 Å². The topological polar surface area (TPSA) is 92.5 Å². The van der Waals surface area contributed by atoms with E-state index in [0.29, 0.717) is 48.7 Å². The monoisotopic (exact) mass is 457 g/mol. The molecule has 7 nitrogen and oxygen atoms in total. The maximum Gasteiger partial charge on any atom is 0.259 e. The molecule has 0 saturated heterocycles. The second kappa shape index (κ2) is 9.23. The van der Waals surface area contributed by atoms with E-state index in [-0.39, 0.29) is 23.2 Å². The number of ketones is 1. The SMILES string of the molecule is CCN(CC)C(=O)CSc1nc2ccc(NC(=O)c3coc4c3C(=O)CCC4)cc2s1. The van der Waals surface area contributed by atoms with Crippen molar-refractivity contribution in [1.29, 1.82) is 0 Å². The van der Waals surface area contributed by atoms with Gasteiger partial charge in [0.2, 0.25) is 5.91 Å². The number of nitrogens with zero attached hydrogens (tertiary/aromatic N) is 2. The number of amides is 2. The molecule has 0 atom stereocenters. The molecule has 2 aromatic heterocycles. The van der Waals surface area contributed by atoms with Crippen LogP contribution in [0.4, 0.5) is 5.69 Å². The molecule has 162 valence electrons. The Morgan fingerprint density at radius 3 is 2.84 bits per heavy atom. The first kappa shape index (κ1) is 21.6. The predicted octanol–water partition coefficient (Wildman–Crippen LogP) is 4.62. The zero-order valence-corrected chi connectivity index (χ0v) is 19.0. The zero-order chi connectivity index (χ0) is 22.0. The van der Waals surface area contributed by atoms with Gasteiger partial charge in [0.25, 0.3) is 5.91 Å². The highest BCUT2D eigenvalue weighted by atomic mass is 32.2. The highest BCUT2D eigenvalue weighted by molar-refractivity contribution is 8.01. The summed E-state index contributed by atoms with van der Waals surface area (Å²) in [6.07, 6.45) is 3.24. The van der Waals surface area contributed by atoms with Crippen LogP contribution in [-0.4, -0.2) is 46.3 Å². The van der Waals surface area contributed by atoms with E-state index < -0.39 is 0 Å². The third-order valence-electron chi connectivity index (χ3n) is 5.26. The van der Waals surface area contributed by atoms with Crippen molar-refractivity contribution in [1.82, 2.24) is 9.88 Å². The van der Waals surface area contributed by atoms with Crippen LogP contribution in [-0.2, 0) is 11.2 Å². The van der Waals surface area contributed by atoms with Gasteiger partial charge in [0.05, 0.1) is 27.1 Å². The summed E-state index contributed by atoms with van der Waals surface area (Å²) in [6.45, 7) is 5.33. The Labute approximate surface area is 188 Å². The number of fused-ring (bicyclic) bond motifs is 2. The van der Waals surface area contributed by atoms with Gasteiger partial charge in [-0.25, -0.2) is 4.98 Å². The van der Waals surface area contributed by atoms with Gasteiger partial charge in [-0.2, -0.15) is 0 Å². The number of carbonyl (C=O) groups excluding carboxylic acids is 3. The van der Waals surface area contributed by atoms with Gasteiger partial charge in [-0.1, -0.05) is 11.8 Å². The number of hydrogen-bond donors (Lipinski definition) is 1. The Hall–Kier alpha value is -2.65. The summed E-state index contributed by atoms with van der Waals surface area (Å²) < 4.78 is 7.18. The number of Topliss-reactive ketones (excluding diaryl/α,β-unsaturated/α-hetero) is 1. The van der Waals surface area contributed by atoms with Gasteiger partial charge in [-0.3, -0.25) is 14.4 Å². The van der Waals surface area contributed by atoms with Crippen molar-refractivity contribution in [2.45, 2.75) is 37.4 Å². The molecule has 0 radical (unpaired) electrons. The van der Waals surface area contributed by atoms with Crippen LogP contribution in [0.15, 0.2) is 33.2 Å². The molecule has 3 aromatic rings. The van der Waals surface area contributed by atoms with Gasteiger partial charge in [-0.05, 0) is 38.5 Å². The molecule has 2 amide bonds. The molecule has 4 rings (SSSR count). The average molecular weight is 458 g/mol. The molecule has 0 unspecified atom stereocenters. The largest absolute Gasteiger partial charge is 0.468 e. The molecular weight excluding hydrogens is 434 g/mol. The molecule has 0 fully saturated rings. The number of hydrogen-bond acceptors (Lipinski definition) is 7. The third kappa shape index (κ3) is 4.52. The van der Waals surface area contributed by atoms with E-state index in [1.165, 1.54) is 29.4 Å². The summed E-state index contributed by atoms with van der Waals surface area (Å²) in [5, 5.41) is 2.86. The average Bonchev–Trinajstić information content (AvgIpc) is 3.37. The number of carbonyl (C=O) groups is 3. The summed E-state index contributed by atoms with van der Waals surface area (Å²) >= 11 is 2.91. The minimum absolute atomic E-state index is 0.0426. The fourth-order valence-corrected chi connectivity index (χ4v) is 5.63. The summed E-state index contributed by atoms with van der Waals surface area (Å²) in [4.78, 5) is 43.5. The molecular formula is C22H23N3O4S2. The van der Waals surface area contributed by atoms with Crippen molar-refractivity contribution < 1.29 is 18.8 Å². The molecule has 1 aliphatic carbocycles. The van der Waals surface area contributed by atoms with Gasteiger partial charge >= 0.3 is 0 Å². The summed E-state index contributed by atoms with van der Waals surface area (Å²) in [7, 11) is 0. The molecule has 31 heavy (non-hydrogen) atoms. The highest BCUT2D eigenvalue weighted by Crippen LogP contribution is 2.32. The van der Waals surface area contributed by atoms with Gasteiger partial charge in [0.1, 0.15) is 12.0 Å². The summed E-state index contributed by atoms with van der Waals surface area (Å²) in [5.74, 6) is 0.646. The van der Waals surface area contributed by atoms with Crippen molar-refractivity contribution in [3.63, 3.8) is 0 Å². The lowest BCUT2D eigenvalue weighted by Gasteiger charge is -2.17. The smallest absolute Gasteiger partial charge is 0.259 e. The maximum absolute atomic E-state index is 12.8. The van der Waals surface area contributed by atoms with Crippen molar-refractivity contribution in [3.8, 4) is 0 Å². The molecule has 1 aromatic carbocycles. The molecule has 1 N–H and O–H groups in total. The van der Waals surface area contributed by atoms with Gasteiger partial charge in [-0.15, -0.1) is 11.3 Å². The number of thiazole rings is 1. The quantitative estimate of drug-likeness (QED) is 0.521. The van der Waals surface area contributed by atoms with Crippen molar-refractivity contribution in [3.05, 3.63) is 41.3 Å². The molecule has 0 bridgehead atoms. The van der Waals surface area contributed by atoms with E-state index in [9.17, 15) is 14.4 Å². The minimum atomic E-state index is -0.358. The number of nitrogens with one attached hydrogen (secondary N) is 1. The zero-order valence-electron chi connectivity index (χ0n) is 17.4. The first-order valence-corrected chi connectivity index (χ1v) is 12.1. The lowest BCUT2D eigenvalue weighted by molar-refractivity contribution is -0.127. The number of thioether (sulfide) groups is 1. The van der Waals surface area contributed by atoms with Crippen LogP contribution in [0.25, 0.3) is 10.2 Å². The summed E-state index contributed by atoms with van der Waals surface area (Å²) in [6, 6.07) is 5.48. The number of aromatic nitrogens is 1. The second-order valence-electron chi connectivity index (χ2n) is 7.20. The molecule has 1 aliphatic rings. The number of rotatable bonds is 7. The van der Waals surface area contributed by atoms with Crippen LogP contribution < -0.4 is 5.32 Å². The maximum atomic E-state index is 12.8. The Bertz CT molecular complexity index is 1150. The Kier molecular flexibility index (Phi) is 6.43. The Balaban J connectivity index is 1.46. The highest BCUT2D eigenvalue weighted by Gasteiger charge is 2.27. The fourth-order valence-electron chi connectivity index (χ4n) is 3.62. The van der Waals surface area contributed by atoms with Gasteiger partial charge < -0.3 is 14.6 Å². The lowest BCUT2D eigenvalue weighted by Crippen LogP contribution is -2.31.